The molecule has 0 atom stereocenters. The van der Waals surface area contributed by atoms with Crippen LogP contribution in [0.2, 0.25) is 0 Å². The molecule has 3 aromatic rings. The van der Waals surface area contributed by atoms with Gasteiger partial charge in [0.05, 0.1) is 17.5 Å². The summed E-state index contributed by atoms with van der Waals surface area (Å²) in [4.78, 5) is 12.4. The highest BCUT2D eigenvalue weighted by Crippen LogP contribution is 2.08. The molecule has 1 aromatic carbocycles. The molecule has 2 heterocycles. The summed E-state index contributed by atoms with van der Waals surface area (Å²) in [5.41, 5.74) is 3.04. The van der Waals surface area contributed by atoms with E-state index in [1.54, 1.807) is 0 Å². The first-order chi connectivity index (χ1) is 10.1. The van der Waals surface area contributed by atoms with E-state index in [9.17, 15) is 4.79 Å². The number of nitrogens with zero attached hydrogens (tertiary/aromatic N) is 5. The first-order valence-corrected chi connectivity index (χ1v) is 6.43. The summed E-state index contributed by atoms with van der Waals surface area (Å²) < 4.78 is 2.93. The molecule has 0 aliphatic carbocycles. The minimum absolute atomic E-state index is 0.145. The number of rotatable bonds is 3. The molecule has 0 saturated carbocycles. The van der Waals surface area contributed by atoms with Gasteiger partial charge >= 0.3 is 0 Å². The van der Waals surface area contributed by atoms with Crippen molar-refractivity contribution in [2.24, 2.45) is 5.10 Å². The van der Waals surface area contributed by atoms with Crippen LogP contribution in [0, 0.1) is 13.8 Å². The summed E-state index contributed by atoms with van der Waals surface area (Å²) in [6.07, 6.45) is 4.41. The van der Waals surface area contributed by atoms with Crippen molar-refractivity contribution in [2.45, 2.75) is 13.8 Å². The van der Waals surface area contributed by atoms with E-state index in [4.69, 9.17) is 0 Å². The average molecular weight is 282 g/mol. The smallest absolute Gasteiger partial charge is 0.280 e. The van der Waals surface area contributed by atoms with Gasteiger partial charge in [-0.2, -0.15) is 5.10 Å². The summed E-state index contributed by atoms with van der Waals surface area (Å²) in [5.74, 6) is 0. The third-order valence-corrected chi connectivity index (χ3v) is 3.14. The molecule has 3 rings (SSSR count). The predicted molar refractivity (Wildman–Crippen MR) is 78.9 cm³/mol. The molecule has 0 saturated heterocycles. The highest BCUT2D eigenvalue weighted by molar-refractivity contribution is 5.80. The zero-order chi connectivity index (χ0) is 14.8. The largest absolute Gasteiger partial charge is 0.295 e. The van der Waals surface area contributed by atoms with E-state index in [-0.39, 0.29) is 5.56 Å². The maximum absolute atomic E-state index is 12.4. The van der Waals surface area contributed by atoms with Crippen LogP contribution in [0.4, 0.5) is 0 Å². The second-order valence-corrected chi connectivity index (χ2v) is 4.71. The Labute approximate surface area is 120 Å². The SMILES string of the molecule is Cc1ccc(-n2[nH]c(C)c(C=Nn3cnnc3)c2=O)cc1. The lowest BCUT2D eigenvalue weighted by molar-refractivity contribution is 0.835. The van der Waals surface area contributed by atoms with Crippen LogP contribution in [-0.4, -0.2) is 30.9 Å². The normalized spacial score (nSPS) is 11.3. The monoisotopic (exact) mass is 282 g/mol. The zero-order valence-electron chi connectivity index (χ0n) is 11.7. The van der Waals surface area contributed by atoms with Gasteiger partial charge in [0.15, 0.2) is 0 Å². The third kappa shape index (κ3) is 2.53. The molecule has 0 fully saturated rings. The fourth-order valence-electron chi connectivity index (χ4n) is 1.97. The fourth-order valence-corrected chi connectivity index (χ4v) is 1.97. The van der Waals surface area contributed by atoms with Crippen LogP contribution in [0.25, 0.3) is 5.69 Å². The number of aromatic amines is 1. The Morgan fingerprint density at radius 2 is 1.81 bits per heavy atom. The van der Waals surface area contributed by atoms with Crippen molar-refractivity contribution in [3.63, 3.8) is 0 Å². The van der Waals surface area contributed by atoms with Crippen molar-refractivity contribution in [2.75, 3.05) is 0 Å². The van der Waals surface area contributed by atoms with Gasteiger partial charge in [-0.15, -0.1) is 10.2 Å². The summed E-state index contributed by atoms with van der Waals surface area (Å²) in [7, 11) is 0. The topological polar surface area (TPSA) is 80.9 Å². The molecule has 0 aliphatic heterocycles. The Bertz CT molecular complexity index is 823. The van der Waals surface area contributed by atoms with E-state index in [0.717, 1.165) is 16.9 Å². The average Bonchev–Trinajstić information content (AvgIpc) is 3.07. The summed E-state index contributed by atoms with van der Waals surface area (Å²) in [6, 6.07) is 7.71. The molecule has 7 heteroatoms. The summed E-state index contributed by atoms with van der Waals surface area (Å²) in [6.45, 7) is 3.84. The highest BCUT2D eigenvalue weighted by Gasteiger charge is 2.10. The molecule has 0 unspecified atom stereocenters. The molecule has 0 radical (unpaired) electrons. The van der Waals surface area contributed by atoms with Gasteiger partial charge in [0, 0.05) is 5.69 Å². The minimum atomic E-state index is -0.145. The predicted octanol–water partition coefficient (Wildman–Crippen LogP) is 1.26. The van der Waals surface area contributed by atoms with E-state index in [1.165, 1.54) is 28.2 Å². The van der Waals surface area contributed by atoms with E-state index >= 15 is 0 Å². The first kappa shape index (κ1) is 13.0. The molecule has 0 amide bonds. The van der Waals surface area contributed by atoms with Crippen LogP contribution in [0.5, 0.6) is 0 Å². The molecule has 0 aliphatic rings. The van der Waals surface area contributed by atoms with Crippen molar-refractivity contribution < 1.29 is 0 Å². The van der Waals surface area contributed by atoms with Crippen molar-refractivity contribution in [1.82, 2.24) is 24.7 Å². The quantitative estimate of drug-likeness (QED) is 0.734. The second-order valence-electron chi connectivity index (χ2n) is 4.71. The van der Waals surface area contributed by atoms with Crippen LogP contribution in [-0.2, 0) is 0 Å². The molecular formula is C14H14N6O. The number of benzene rings is 1. The lowest BCUT2D eigenvalue weighted by Gasteiger charge is -2.01. The van der Waals surface area contributed by atoms with Gasteiger partial charge in [-0.1, -0.05) is 17.7 Å². The number of aryl methyl sites for hydroxylation is 2. The van der Waals surface area contributed by atoms with Crippen LogP contribution in [0.1, 0.15) is 16.8 Å². The van der Waals surface area contributed by atoms with Gasteiger partial charge in [-0.05, 0) is 26.0 Å². The van der Waals surface area contributed by atoms with Gasteiger partial charge in [0.2, 0.25) is 0 Å². The minimum Gasteiger partial charge on any atom is -0.295 e. The fraction of sp³-hybridized carbons (Fsp3) is 0.143. The van der Waals surface area contributed by atoms with Crippen LogP contribution < -0.4 is 5.56 Å². The van der Waals surface area contributed by atoms with E-state index in [2.05, 4.69) is 20.4 Å². The van der Waals surface area contributed by atoms with Crippen molar-refractivity contribution in [3.05, 3.63) is 64.1 Å². The number of hydrogen-bond acceptors (Lipinski definition) is 4. The maximum Gasteiger partial charge on any atom is 0.280 e. The zero-order valence-corrected chi connectivity index (χ0v) is 11.7. The molecule has 2 aromatic heterocycles. The van der Waals surface area contributed by atoms with E-state index in [0.29, 0.717) is 5.56 Å². The van der Waals surface area contributed by atoms with Gasteiger partial charge < -0.3 is 0 Å². The summed E-state index contributed by atoms with van der Waals surface area (Å²) in [5, 5.41) is 14.5. The Morgan fingerprint density at radius 1 is 1.14 bits per heavy atom. The highest BCUT2D eigenvalue weighted by atomic mass is 16.1. The van der Waals surface area contributed by atoms with Crippen molar-refractivity contribution in [1.29, 1.82) is 0 Å². The van der Waals surface area contributed by atoms with Crippen molar-refractivity contribution in [3.8, 4) is 5.69 Å². The lowest BCUT2D eigenvalue weighted by Crippen LogP contribution is -2.17. The number of aromatic nitrogens is 5. The van der Waals surface area contributed by atoms with Gasteiger partial charge in [0.1, 0.15) is 12.7 Å². The molecular weight excluding hydrogens is 268 g/mol. The first-order valence-electron chi connectivity index (χ1n) is 6.43. The Kier molecular flexibility index (Phi) is 3.23. The van der Waals surface area contributed by atoms with Crippen molar-refractivity contribution >= 4 is 6.21 Å². The Balaban J connectivity index is 2.00. The Morgan fingerprint density at radius 3 is 2.48 bits per heavy atom. The van der Waals surface area contributed by atoms with Gasteiger partial charge in [-0.25, -0.2) is 9.36 Å². The van der Waals surface area contributed by atoms with E-state index < -0.39 is 0 Å². The molecule has 0 bridgehead atoms. The molecule has 1 N–H and O–H groups in total. The molecule has 106 valence electrons. The summed E-state index contributed by atoms with van der Waals surface area (Å²) >= 11 is 0. The van der Waals surface area contributed by atoms with Crippen LogP contribution >= 0.6 is 0 Å². The number of nitrogens with one attached hydrogen (secondary N) is 1. The van der Waals surface area contributed by atoms with Gasteiger partial charge in [0.25, 0.3) is 5.56 Å². The Hall–Kier alpha value is -2.96. The lowest BCUT2D eigenvalue weighted by atomic mass is 10.2. The maximum atomic E-state index is 12.4. The number of H-pyrrole nitrogens is 1. The molecule has 21 heavy (non-hydrogen) atoms. The van der Waals surface area contributed by atoms with Gasteiger partial charge in [-0.3, -0.25) is 9.89 Å². The standard InChI is InChI=1S/C14H14N6O/c1-10-3-5-12(6-4-10)20-14(21)13(11(2)18-20)7-17-19-8-15-16-9-19/h3-9,18H,1-2H3. The number of hydrogen-bond donors (Lipinski definition) is 1. The van der Waals surface area contributed by atoms with Crippen LogP contribution in [0.3, 0.4) is 0 Å². The second kappa shape index (κ2) is 5.20. The molecule has 7 nitrogen and oxygen atoms in total. The molecule has 0 spiro atoms. The third-order valence-electron chi connectivity index (χ3n) is 3.14. The van der Waals surface area contributed by atoms with Crippen LogP contribution in [0.15, 0.2) is 46.8 Å². The van der Waals surface area contributed by atoms with E-state index in [1.807, 2.05) is 38.1 Å².